The third kappa shape index (κ3) is 19.1. The van der Waals surface area contributed by atoms with E-state index >= 15 is 23.2 Å². The molecular weight excluding hydrogens is 1330 g/mol. The number of alkyl halides is 1. The standard InChI is InChI=1S/C71H87F3N14O14/c1-38-63(93)82-55(29-42-34-78-51-21-15-44(72)31-49(42)51)65(95)83-57(30-43-35-79-52-22-16-45(73)32-50(43)52)68(98)87-36-46(74)33-58(87)66(96)86-61(39(2)89)67(97)84-56(28-41-11-17-47(101-4)18-12-41)69(99)88-26-8-23-71(88,3)70(100)85-54(62(76)92)27-40-13-19-48(20-14-40)102-37-60(91)77-25-7-10-59(90)81-53(64(94)80-38)9-5-6-24-75/h11-22,31-32,34-35,38-39,46,53-58,61,78-79,89H,5-10,23-30,33,36-37,75H2,1-4H3,(H2,76,92)(H,77,91)(H,80,94)(H,81,90)(H,82,93)(H,83,95)(H,84,97)(H,85,100)(H,86,96)/t38-,39-,46+,53+,54+,55+,56+,57+,58+,61+,71+/m1/s1. The smallest absolute Gasteiger partial charge is 0.257 e. The van der Waals surface area contributed by atoms with Crippen molar-refractivity contribution in [1.82, 2.24) is 62.3 Å². The summed E-state index contributed by atoms with van der Waals surface area (Å²) in [5.41, 5.74) is 12.4. The molecule has 0 aliphatic carbocycles. The molecule has 0 saturated carbocycles. The molecule has 6 aromatic rings. The molecular formula is C71H87F3N14O14. The number of halogens is 3. The number of nitrogens with one attached hydrogen (secondary N) is 10. The number of unbranched alkanes of at least 4 members (excludes halogenated alkanes) is 1. The van der Waals surface area contributed by atoms with Gasteiger partial charge >= 0.3 is 0 Å². The van der Waals surface area contributed by atoms with Crippen molar-refractivity contribution in [1.29, 1.82) is 0 Å². The summed E-state index contributed by atoms with van der Waals surface area (Å²) < 4.78 is 57.1. The van der Waals surface area contributed by atoms with E-state index in [1.165, 1.54) is 86.8 Å². The predicted molar refractivity (Wildman–Crippen MR) is 366 cm³/mol. The predicted octanol–water partition coefficient (Wildman–Crippen LogP) is 1.22. The number of aliphatic hydroxyl groups excluding tert-OH is 1. The molecule has 4 aliphatic heterocycles. The molecule has 4 aromatic carbocycles. The Kier molecular flexibility index (Phi) is 25.4. The molecule has 10 rings (SSSR count). The number of aromatic amines is 2. The number of primary amides is 1. The fourth-order valence-electron chi connectivity index (χ4n) is 13.0. The minimum Gasteiger partial charge on any atom is -0.497 e. The number of carbonyl (C=O) groups excluding carboxylic acids is 11. The van der Waals surface area contributed by atoms with E-state index < -0.39 is 169 Å². The highest BCUT2D eigenvalue weighted by molar-refractivity contribution is 6.01. The summed E-state index contributed by atoms with van der Waals surface area (Å²) in [4.78, 5) is 166. The fraction of sp³-hybridized carbons (Fsp3) is 0.451. The Hall–Kier alpha value is -10.6. The van der Waals surface area contributed by atoms with Crippen LogP contribution in [0.5, 0.6) is 11.5 Å². The molecule has 31 heteroatoms. The molecule has 0 radical (unpaired) electrons. The van der Waals surface area contributed by atoms with Gasteiger partial charge in [0.05, 0.1) is 19.8 Å². The van der Waals surface area contributed by atoms with Gasteiger partial charge in [-0.1, -0.05) is 24.3 Å². The number of ether oxygens (including phenoxy) is 2. The molecule has 2 aromatic heterocycles. The van der Waals surface area contributed by atoms with Crippen molar-refractivity contribution in [2.24, 2.45) is 11.5 Å². The zero-order chi connectivity index (χ0) is 73.5. The van der Waals surface area contributed by atoms with E-state index in [1.807, 2.05) is 0 Å². The number of amides is 11. The van der Waals surface area contributed by atoms with Crippen molar-refractivity contribution < 1.29 is 80.5 Å². The molecule has 11 amide bonds. The molecule has 4 aliphatic rings. The van der Waals surface area contributed by atoms with Gasteiger partial charge in [0.15, 0.2) is 6.61 Å². The summed E-state index contributed by atoms with van der Waals surface area (Å²) >= 11 is 0. The summed E-state index contributed by atoms with van der Waals surface area (Å²) in [6.07, 6.45) is -1.24. The number of carbonyl (C=O) groups is 11. The molecule has 15 N–H and O–H groups in total. The topological polar surface area (TPSA) is 413 Å². The van der Waals surface area contributed by atoms with Crippen molar-refractivity contribution in [2.75, 3.05) is 39.9 Å². The summed E-state index contributed by atoms with van der Waals surface area (Å²) in [6.45, 7) is 3.08. The van der Waals surface area contributed by atoms with Crippen LogP contribution in [0.2, 0.25) is 0 Å². The number of hydrogen-bond donors (Lipinski definition) is 13. The maximum Gasteiger partial charge on any atom is 0.257 e. The lowest BCUT2D eigenvalue weighted by molar-refractivity contribution is -0.147. The van der Waals surface area contributed by atoms with E-state index in [0.717, 1.165) is 11.8 Å². The number of benzene rings is 4. The summed E-state index contributed by atoms with van der Waals surface area (Å²) in [6, 6.07) is 7.85. The molecule has 0 spiro atoms. The van der Waals surface area contributed by atoms with Gasteiger partial charge in [-0.2, -0.15) is 0 Å². The van der Waals surface area contributed by atoms with Crippen LogP contribution in [0.25, 0.3) is 21.8 Å². The molecule has 2 bridgehead atoms. The Bertz CT molecular complexity index is 4060. The molecule has 6 heterocycles. The van der Waals surface area contributed by atoms with Crippen LogP contribution < -0.4 is 63.5 Å². The third-order valence-corrected chi connectivity index (χ3v) is 18.7. The van der Waals surface area contributed by atoms with Crippen molar-refractivity contribution in [3.8, 4) is 11.5 Å². The van der Waals surface area contributed by atoms with Gasteiger partial charge in [0.1, 0.15) is 83.2 Å². The lowest BCUT2D eigenvalue weighted by Gasteiger charge is -2.37. The van der Waals surface area contributed by atoms with Gasteiger partial charge in [-0.25, -0.2) is 13.2 Å². The van der Waals surface area contributed by atoms with Gasteiger partial charge in [0.25, 0.3) is 5.91 Å². The highest BCUT2D eigenvalue weighted by Gasteiger charge is 2.49. The molecule has 2 fully saturated rings. The normalized spacial score (nSPS) is 25.0. The first-order valence-electron chi connectivity index (χ1n) is 33.9. The van der Waals surface area contributed by atoms with E-state index in [2.05, 4.69) is 52.5 Å². The van der Waals surface area contributed by atoms with E-state index in [-0.39, 0.29) is 81.3 Å². The van der Waals surface area contributed by atoms with Crippen LogP contribution in [0.1, 0.15) is 94.4 Å². The third-order valence-electron chi connectivity index (χ3n) is 18.7. The van der Waals surface area contributed by atoms with Gasteiger partial charge in [-0.15, -0.1) is 0 Å². The van der Waals surface area contributed by atoms with Crippen LogP contribution in [-0.2, 0) is 78.4 Å². The zero-order valence-corrected chi connectivity index (χ0v) is 57.0. The number of aliphatic hydroxyl groups is 1. The molecule has 2 saturated heterocycles. The second-order valence-corrected chi connectivity index (χ2v) is 26.2. The maximum atomic E-state index is 16.2. The number of rotatable bonds is 13. The first-order chi connectivity index (χ1) is 48.7. The maximum absolute atomic E-state index is 16.2. The molecule has 28 nitrogen and oxygen atoms in total. The van der Waals surface area contributed by atoms with Crippen molar-refractivity contribution in [3.63, 3.8) is 0 Å². The SMILES string of the molecule is COc1ccc(C[C@@H]2NC(=O)[C@H]([C@@H](C)O)NC(=O)[C@@H]3C[C@H](F)CN3C(=O)[C@H](Cc3c[nH]c4ccc(F)cc34)NC(=O)[C@H](Cc3c[nH]c4ccc(F)cc34)NC(=O)[C@@H](C)NC(=O)[C@H](CCCCN)NC(=O)CCCNC(=O)COc3ccc(cc3)C[C@@H](C(N)=O)NC(=O)[C@]3(C)CCCN3C2=O)cc1. The van der Waals surface area contributed by atoms with Gasteiger partial charge in [-0.3, -0.25) is 52.7 Å². The first-order valence-corrected chi connectivity index (χ1v) is 33.9. The number of nitrogens with two attached hydrogens (primary N) is 2. The molecule has 102 heavy (non-hydrogen) atoms. The van der Waals surface area contributed by atoms with Gasteiger partial charge < -0.3 is 88.3 Å². The minimum atomic E-state index is -1.91. The lowest BCUT2D eigenvalue weighted by atomic mass is 9.94. The van der Waals surface area contributed by atoms with Crippen molar-refractivity contribution in [2.45, 2.75) is 164 Å². The zero-order valence-electron chi connectivity index (χ0n) is 57.0. The summed E-state index contributed by atoms with van der Waals surface area (Å²) in [5.74, 6) is -10.2. The van der Waals surface area contributed by atoms with Crippen LogP contribution in [-0.4, -0.2) is 196 Å². The van der Waals surface area contributed by atoms with Crippen LogP contribution in [0.15, 0.2) is 97.3 Å². The Morgan fingerprint density at radius 2 is 1.32 bits per heavy atom. The average molecular weight is 1420 g/mol. The molecule has 11 atom stereocenters. The largest absolute Gasteiger partial charge is 0.497 e. The Morgan fingerprint density at radius 3 is 1.95 bits per heavy atom. The highest BCUT2D eigenvalue weighted by atomic mass is 19.1. The van der Waals surface area contributed by atoms with Crippen LogP contribution in [0.4, 0.5) is 13.2 Å². The second-order valence-electron chi connectivity index (χ2n) is 26.2. The fourth-order valence-corrected chi connectivity index (χ4v) is 13.0. The first kappa shape index (κ1) is 75.6. The monoisotopic (exact) mass is 1420 g/mol. The van der Waals surface area contributed by atoms with Crippen LogP contribution in [0.3, 0.4) is 0 Å². The number of aromatic nitrogens is 2. The Morgan fingerprint density at radius 1 is 0.706 bits per heavy atom. The van der Waals surface area contributed by atoms with Crippen molar-refractivity contribution in [3.05, 3.63) is 131 Å². The van der Waals surface area contributed by atoms with E-state index in [1.54, 1.807) is 36.4 Å². The highest BCUT2D eigenvalue weighted by Crippen LogP contribution is 2.32. The van der Waals surface area contributed by atoms with Crippen molar-refractivity contribution >= 4 is 86.8 Å². The van der Waals surface area contributed by atoms with E-state index in [4.69, 9.17) is 20.9 Å². The number of nitrogens with zero attached hydrogens (tertiary/aromatic N) is 2. The molecule has 546 valence electrons. The summed E-state index contributed by atoms with van der Waals surface area (Å²) in [7, 11) is 1.45. The summed E-state index contributed by atoms with van der Waals surface area (Å²) in [5, 5.41) is 33.1. The number of methoxy groups -OCH3 is 1. The van der Waals surface area contributed by atoms with Crippen LogP contribution >= 0.6 is 0 Å². The average Bonchev–Trinajstić information content (AvgIpc) is 1.59. The van der Waals surface area contributed by atoms with Gasteiger partial charge in [0.2, 0.25) is 59.1 Å². The number of hydrogen-bond acceptors (Lipinski definition) is 15. The van der Waals surface area contributed by atoms with Gasteiger partial charge in [-0.05, 0) is 149 Å². The van der Waals surface area contributed by atoms with Crippen LogP contribution in [0, 0.1) is 11.6 Å². The number of H-pyrrole nitrogens is 2. The van der Waals surface area contributed by atoms with E-state index in [9.17, 15) is 47.9 Å². The Labute approximate surface area is 585 Å². The second kappa shape index (κ2) is 34.2. The molecule has 0 unspecified atom stereocenters. The minimum absolute atomic E-state index is 0.00310. The lowest BCUT2D eigenvalue weighted by Crippen LogP contribution is -2.64. The quantitative estimate of drug-likeness (QED) is 0.0571. The van der Waals surface area contributed by atoms with E-state index in [0.29, 0.717) is 58.1 Å². The van der Waals surface area contributed by atoms with Gasteiger partial charge in [0, 0.05) is 85.8 Å². The number of fused-ring (bicyclic) bond motifs is 32. The Balaban J connectivity index is 1.05.